The van der Waals surface area contributed by atoms with Gasteiger partial charge in [0, 0.05) is 24.4 Å². The fraction of sp³-hybridized carbons (Fsp3) is 0.474. The van der Waals surface area contributed by atoms with E-state index in [0.717, 1.165) is 0 Å². The SMILES string of the molecule is Cc1cn([C@H]2C[C@@H](OC(=O)c3cccnc3C(C)(C)N)C(CO)O2)c(=O)[nH]c1=O. The van der Waals surface area contributed by atoms with Crippen LogP contribution in [0.3, 0.4) is 0 Å². The van der Waals surface area contributed by atoms with Gasteiger partial charge in [-0.05, 0) is 32.9 Å². The van der Waals surface area contributed by atoms with Crippen LogP contribution in [0.5, 0.6) is 0 Å². The molecule has 3 atom stereocenters. The molecule has 1 saturated heterocycles. The number of H-pyrrole nitrogens is 1. The number of rotatable bonds is 5. The smallest absolute Gasteiger partial charge is 0.340 e. The summed E-state index contributed by atoms with van der Waals surface area (Å²) in [5.74, 6) is -0.649. The van der Waals surface area contributed by atoms with E-state index in [1.807, 2.05) is 0 Å². The van der Waals surface area contributed by atoms with Crippen LogP contribution in [-0.2, 0) is 15.0 Å². The Bertz CT molecular complexity index is 1020. The Labute approximate surface area is 166 Å². The highest BCUT2D eigenvalue weighted by Crippen LogP contribution is 2.31. The average Bonchev–Trinajstić information content (AvgIpc) is 3.06. The van der Waals surface area contributed by atoms with Gasteiger partial charge < -0.3 is 20.3 Å². The van der Waals surface area contributed by atoms with E-state index in [4.69, 9.17) is 15.2 Å². The average molecular weight is 404 g/mol. The van der Waals surface area contributed by atoms with Crippen LogP contribution in [-0.4, -0.2) is 44.4 Å². The van der Waals surface area contributed by atoms with Crippen LogP contribution in [0.2, 0.25) is 0 Å². The molecule has 4 N–H and O–H groups in total. The van der Waals surface area contributed by atoms with E-state index < -0.39 is 47.8 Å². The Morgan fingerprint density at radius 3 is 2.86 bits per heavy atom. The zero-order valence-corrected chi connectivity index (χ0v) is 16.4. The predicted octanol–water partition coefficient (Wildman–Crippen LogP) is -0.0608. The summed E-state index contributed by atoms with van der Waals surface area (Å²) in [5.41, 5.74) is 5.04. The van der Waals surface area contributed by atoms with E-state index in [2.05, 4.69) is 9.97 Å². The molecular weight excluding hydrogens is 380 g/mol. The third kappa shape index (κ3) is 4.29. The highest BCUT2D eigenvalue weighted by molar-refractivity contribution is 5.91. The van der Waals surface area contributed by atoms with Gasteiger partial charge in [-0.1, -0.05) is 0 Å². The fourth-order valence-corrected chi connectivity index (χ4v) is 3.24. The van der Waals surface area contributed by atoms with Crippen molar-refractivity contribution in [3.63, 3.8) is 0 Å². The van der Waals surface area contributed by atoms with Crippen molar-refractivity contribution < 1.29 is 19.4 Å². The topological polar surface area (TPSA) is 150 Å². The predicted molar refractivity (Wildman–Crippen MR) is 102 cm³/mol. The maximum Gasteiger partial charge on any atom is 0.340 e. The summed E-state index contributed by atoms with van der Waals surface area (Å²) in [6.07, 6.45) is 0.619. The molecular formula is C19H24N4O6. The number of aromatic nitrogens is 3. The Kier molecular flexibility index (Phi) is 5.69. The number of aromatic amines is 1. The lowest BCUT2D eigenvalue weighted by Crippen LogP contribution is -2.34. The number of nitrogens with zero attached hydrogens (tertiary/aromatic N) is 2. The first-order valence-electron chi connectivity index (χ1n) is 9.15. The van der Waals surface area contributed by atoms with Crippen molar-refractivity contribution in [1.29, 1.82) is 0 Å². The van der Waals surface area contributed by atoms with Gasteiger partial charge in [0.2, 0.25) is 0 Å². The number of carbonyl (C=O) groups is 1. The molecule has 10 heteroatoms. The van der Waals surface area contributed by atoms with Gasteiger partial charge >= 0.3 is 11.7 Å². The number of aryl methyl sites for hydroxylation is 1. The number of esters is 1. The first kappa shape index (κ1) is 20.9. The van der Waals surface area contributed by atoms with E-state index in [0.29, 0.717) is 11.3 Å². The second-order valence-corrected chi connectivity index (χ2v) is 7.59. The number of aliphatic hydroxyl groups excluding tert-OH is 1. The quantitative estimate of drug-likeness (QED) is 0.587. The molecule has 0 aliphatic carbocycles. The van der Waals surface area contributed by atoms with E-state index in [1.54, 1.807) is 32.9 Å². The second kappa shape index (κ2) is 7.90. The molecule has 0 spiro atoms. The molecule has 0 amide bonds. The monoisotopic (exact) mass is 404 g/mol. The summed E-state index contributed by atoms with van der Waals surface area (Å²) >= 11 is 0. The minimum absolute atomic E-state index is 0.129. The van der Waals surface area contributed by atoms with Crippen molar-refractivity contribution in [2.24, 2.45) is 5.73 Å². The summed E-state index contributed by atoms with van der Waals surface area (Å²) in [7, 11) is 0. The minimum Gasteiger partial charge on any atom is -0.456 e. The summed E-state index contributed by atoms with van der Waals surface area (Å²) in [6.45, 7) is 4.60. The van der Waals surface area contributed by atoms with Crippen LogP contribution in [0.15, 0.2) is 34.1 Å². The molecule has 2 aromatic rings. The van der Waals surface area contributed by atoms with Gasteiger partial charge in [0.15, 0.2) is 0 Å². The lowest BCUT2D eigenvalue weighted by Gasteiger charge is -2.22. The Morgan fingerprint density at radius 1 is 1.48 bits per heavy atom. The van der Waals surface area contributed by atoms with E-state index in [9.17, 15) is 19.5 Å². The highest BCUT2D eigenvalue weighted by atomic mass is 16.6. The molecule has 2 aromatic heterocycles. The van der Waals surface area contributed by atoms with Crippen molar-refractivity contribution in [3.8, 4) is 0 Å². The molecule has 1 aliphatic heterocycles. The highest BCUT2D eigenvalue weighted by Gasteiger charge is 2.39. The van der Waals surface area contributed by atoms with E-state index in [1.165, 1.54) is 17.0 Å². The largest absolute Gasteiger partial charge is 0.456 e. The van der Waals surface area contributed by atoms with Crippen molar-refractivity contribution in [2.45, 2.75) is 51.2 Å². The zero-order chi connectivity index (χ0) is 21.3. The lowest BCUT2D eigenvalue weighted by molar-refractivity contribution is -0.0522. The molecule has 29 heavy (non-hydrogen) atoms. The van der Waals surface area contributed by atoms with Crippen LogP contribution in [0, 0.1) is 6.92 Å². The molecule has 156 valence electrons. The standard InChI is InChI=1S/C19H24N4O6/c1-10-8-23(18(27)22-16(10)25)14-7-12(13(9-24)28-14)29-17(26)11-5-4-6-21-15(11)19(2,3)20/h4-6,8,12-14,24H,7,9,20H2,1-3H3,(H,22,25,27)/t12-,13?,14-/m1/s1. The molecule has 1 unspecified atom stereocenters. The number of hydrogen-bond acceptors (Lipinski definition) is 8. The lowest BCUT2D eigenvalue weighted by atomic mass is 9.97. The third-order valence-corrected chi connectivity index (χ3v) is 4.71. The fourth-order valence-electron chi connectivity index (χ4n) is 3.24. The van der Waals surface area contributed by atoms with Gasteiger partial charge in [0.05, 0.1) is 23.4 Å². The molecule has 0 radical (unpaired) electrons. The number of pyridine rings is 1. The summed E-state index contributed by atoms with van der Waals surface area (Å²) in [5, 5.41) is 9.64. The number of nitrogens with one attached hydrogen (secondary N) is 1. The van der Waals surface area contributed by atoms with Gasteiger partial charge in [0.25, 0.3) is 5.56 Å². The first-order valence-corrected chi connectivity index (χ1v) is 9.15. The summed E-state index contributed by atoms with van der Waals surface area (Å²) in [6, 6.07) is 3.17. The van der Waals surface area contributed by atoms with Crippen molar-refractivity contribution in [1.82, 2.24) is 14.5 Å². The van der Waals surface area contributed by atoms with Crippen LogP contribution < -0.4 is 17.0 Å². The summed E-state index contributed by atoms with van der Waals surface area (Å²) in [4.78, 5) is 42.8. The molecule has 0 aromatic carbocycles. The Morgan fingerprint density at radius 2 is 2.21 bits per heavy atom. The molecule has 1 fully saturated rings. The van der Waals surface area contributed by atoms with Gasteiger partial charge in [-0.25, -0.2) is 9.59 Å². The Hall–Kier alpha value is -2.82. The van der Waals surface area contributed by atoms with Crippen LogP contribution in [0.25, 0.3) is 0 Å². The molecule has 3 rings (SSSR count). The van der Waals surface area contributed by atoms with E-state index >= 15 is 0 Å². The van der Waals surface area contributed by atoms with Gasteiger partial charge in [-0.2, -0.15) is 0 Å². The molecule has 1 aliphatic rings. The normalized spacial score (nSPS) is 21.9. The van der Waals surface area contributed by atoms with Crippen molar-refractivity contribution in [3.05, 3.63) is 62.2 Å². The minimum atomic E-state index is -0.860. The van der Waals surface area contributed by atoms with Gasteiger partial charge in [0.1, 0.15) is 18.4 Å². The van der Waals surface area contributed by atoms with Crippen molar-refractivity contribution in [2.75, 3.05) is 6.61 Å². The molecule has 0 bridgehead atoms. The maximum atomic E-state index is 12.8. The number of carbonyl (C=O) groups excluding carboxylic acids is 1. The molecule has 10 nitrogen and oxygen atoms in total. The first-order chi connectivity index (χ1) is 13.6. The third-order valence-electron chi connectivity index (χ3n) is 4.71. The second-order valence-electron chi connectivity index (χ2n) is 7.59. The van der Waals surface area contributed by atoms with E-state index in [-0.39, 0.29) is 12.0 Å². The van der Waals surface area contributed by atoms with Crippen LogP contribution in [0.4, 0.5) is 0 Å². The van der Waals surface area contributed by atoms with Crippen molar-refractivity contribution >= 4 is 5.97 Å². The molecule has 3 heterocycles. The van der Waals surface area contributed by atoms with Crippen LogP contribution in [0.1, 0.15) is 48.1 Å². The van der Waals surface area contributed by atoms with Gasteiger partial charge in [-0.15, -0.1) is 0 Å². The molecule has 0 saturated carbocycles. The van der Waals surface area contributed by atoms with Gasteiger partial charge in [-0.3, -0.25) is 19.3 Å². The summed E-state index contributed by atoms with van der Waals surface area (Å²) < 4.78 is 12.5. The Balaban J connectivity index is 1.84. The maximum absolute atomic E-state index is 12.8. The number of hydrogen-bond donors (Lipinski definition) is 3. The number of ether oxygens (including phenoxy) is 2. The van der Waals surface area contributed by atoms with Crippen LogP contribution >= 0.6 is 0 Å². The number of nitrogens with two attached hydrogens (primary N) is 1. The zero-order valence-electron chi connectivity index (χ0n) is 16.4. The number of aliphatic hydroxyl groups is 1.